The number of hydrogen-bond acceptors (Lipinski definition) is 5. The highest BCUT2D eigenvalue weighted by Crippen LogP contribution is 2.23. The number of aromatic nitrogens is 1. The van der Waals surface area contributed by atoms with E-state index < -0.39 is 11.4 Å². The molecule has 1 aromatic heterocycles. The molecule has 1 amide bonds. The van der Waals surface area contributed by atoms with Crippen molar-refractivity contribution in [3.8, 4) is 0 Å². The van der Waals surface area contributed by atoms with Crippen LogP contribution in [-0.2, 0) is 9.53 Å². The Balaban J connectivity index is 1.85. The molecule has 0 saturated heterocycles. The van der Waals surface area contributed by atoms with Crippen LogP contribution in [0.3, 0.4) is 0 Å². The maximum absolute atomic E-state index is 12.7. The second kappa shape index (κ2) is 8.41. The molecule has 0 unspecified atom stereocenters. The van der Waals surface area contributed by atoms with Gasteiger partial charge in [0.1, 0.15) is 5.56 Å². The monoisotopic (exact) mass is 446 g/mol. The number of methoxy groups -OCH3 is 1. The first-order valence-electron chi connectivity index (χ1n) is 7.91. The number of benzene rings is 2. The van der Waals surface area contributed by atoms with Crippen LogP contribution in [0.4, 0.5) is 5.69 Å². The number of carbonyl (C=O) groups is 2. The summed E-state index contributed by atoms with van der Waals surface area (Å²) in [5.74, 6) is -0.973. The number of aromatic amines is 1. The van der Waals surface area contributed by atoms with Gasteiger partial charge in [-0.2, -0.15) is 0 Å². The Hall–Kier alpha value is -2.58. The van der Waals surface area contributed by atoms with Crippen LogP contribution in [0.25, 0.3) is 10.9 Å². The number of halogens is 1. The van der Waals surface area contributed by atoms with Crippen LogP contribution < -0.4 is 10.7 Å². The number of rotatable bonds is 5. The van der Waals surface area contributed by atoms with E-state index in [2.05, 4.69) is 26.2 Å². The maximum Gasteiger partial charge on any atom is 0.344 e. The van der Waals surface area contributed by atoms with E-state index in [9.17, 15) is 14.4 Å². The molecule has 0 aliphatic rings. The largest absolute Gasteiger partial charge is 0.465 e. The average Bonchev–Trinajstić information content (AvgIpc) is 2.68. The standard InChI is InChI=1S/C19H15BrN2O4S/c1-26-19(25)16-17(24)13-4-2-3-5-14(13)22-18(16)27-10-15(23)21-12-8-6-11(20)7-9-12/h2-9H,10H2,1H3,(H,21,23)(H,22,24). The number of fused-ring (bicyclic) bond motifs is 1. The highest BCUT2D eigenvalue weighted by molar-refractivity contribution is 9.10. The molecular formula is C19H15BrN2O4S. The fraction of sp³-hybridized carbons (Fsp3) is 0.105. The van der Waals surface area contributed by atoms with Crippen LogP contribution in [0, 0.1) is 0 Å². The van der Waals surface area contributed by atoms with Crippen molar-refractivity contribution in [2.75, 3.05) is 18.2 Å². The van der Waals surface area contributed by atoms with Crippen molar-refractivity contribution < 1.29 is 14.3 Å². The highest BCUT2D eigenvalue weighted by atomic mass is 79.9. The van der Waals surface area contributed by atoms with Crippen molar-refractivity contribution >= 4 is 56.2 Å². The van der Waals surface area contributed by atoms with Gasteiger partial charge in [0.25, 0.3) is 0 Å². The number of hydrogen-bond donors (Lipinski definition) is 2. The predicted molar refractivity (Wildman–Crippen MR) is 109 cm³/mol. The number of ether oxygens (including phenoxy) is 1. The molecule has 0 atom stereocenters. The number of amides is 1. The number of anilines is 1. The summed E-state index contributed by atoms with van der Waals surface area (Å²) in [5, 5.41) is 3.46. The molecule has 27 heavy (non-hydrogen) atoms. The number of para-hydroxylation sites is 1. The van der Waals surface area contributed by atoms with Crippen LogP contribution in [0.15, 0.2) is 62.8 Å². The van der Waals surface area contributed by atoms with Gasteiger partial charge < -0.3 is 15.0 Å². The highest BCUT2D eigenvalue weighted by Gasteiger charge is 2.20. The minimum Gasteiger partial charge on any atom is -0.465 e. The molecule has 8 heteroatoms. The Morgan fingerprint density at radius 1 is 1.15 bits per heavy atom. The van der Waals surface area contributed by atoms with Gasteiger partial charge in [-0.3, -0.25) is 9.59 Å². The van der Waals surface area contributed by atoms with E-state index in [1.54, 1.807) is 36.4 Å². The first-order chi connectivity index (χ1) is 13.0. The molecule has 1 heterocycles. The van der Waals surface area contributed by atoms with Crippen molar-refractivity contribution in [3.05, 3.63) is 68.8 Å². The summed E-state index contributed by atoms with van der Waals surface area (Å²) < 4.78 is 5.65. The third-order valence-corrected chi connectivity index (χ3v) is 5.27. The number of esters is 1. The summed E-state index contributed by atoms with van der Waals surface area (Å²) in [6.45, 7) is 0. The lowest BCUT2D eigenvalue weighted by molar-refractivity contribution is -0.113. The number of thioether (sulfide) groups is 1. The van der Waals surface area contributed by atoms with Gasteiger partial charge in [-0.05, 0) is 36.4 Å². The van der Waals surface area contributed by atoms with E-state index in [1.165, 1.54) is 7.11 Å². The average molecular weight is 447 g/mol. The Kier molecular flexibility index (Phi) is 5.98. The molecule has 138 valence electrons. The van der Waals surface area contributed by atoms with Crippen molar-refractivity contribution in [2.24, 2.45) is 0 Å². The lowest BCUT2D eigenvalue weighted by Crippen LogP contribution is -2.20. The Morgan fingerprint density at radius 3 is 2.56 bits per heavy atom. The van der Waals surface area contributed by atoms with E-state index in [-0.39, 0.29) is 17.2 Å². The minimum atomic E-state index is -0.738. The summed E-state index contributed by atoms with van der Waals surface area (Å²) >= 11 is 4.41. The quantitative estimate of drug-likeness (QED) is 0.459. The molecule has 0 radical (unpaired) electrons. The fourth-order valence-electron chi connectivity index (χ4n) is 2.48. The van der Waals surface area contributed by atoms with Crippen LogP contribution in [0.5, 0.6) is 0 Å². The van der Waals surface area contributed by atoms with Crippen LogP contribution in [-0.4, -0.2) is 29.7 Å². The number of carbonyl (C=O) groups excluding carboxylic acids is 2. The summed E-state index contributed by atoms with van der Waals surface area (Å²) in [7, 11) is 1.21. The minimum absolute atomic E-state index is 0.0222. The molecule has 2 N–H and O–H groups in total. The molecule has 6 nitrogen and oxygen atoms in total. The molecule has 0 spiro atoms. The predicted octanol–water partition coefficient (Wildman–Crippen LogP) is 3.81. The molecule has 3 rings (SSSR count). The fourth-order valence-corrected chi connectivity index (χ4v) is 3.59. The summed E-state index contributed by atoms with van der Waals surface area (Å²) in [5.41, 5.74) is 0.722. The van der Waals surface area contributed by atoms with E-state index >= 15 is 0 Å². The lowest BCUT2D eigenvalue weighted by Gasteiger charge is -2.10. The van der Waals surface area contributed by atoms with Gasteiger partial charge in [0.15, 0.2) is 0 Å². The molecule has 0 aliphatic heterocycles. The zero-order valence-electron chi connectivity index (χ0n) is 14.2. The summed E-state index contributed by atoms with van der Waals surface area (Å²) in [6, 6.07) is 14.0. The van der Waals surface area contributed by atoms with Gasteiger partial charge in [0.05, 0.1) is 23.4 Å². The molecule has 0 bridgehead atoms. The first kappa shape index (κ1) is 19.2. The third kappa shape index (κ3) is 4.40. The maximum atomic E-state index is 12.7. The third-order valence-electron chi connectivity index (χ3n) is 3.74. The van der Waals surface area contributed by atoms with E-state index in [0.29, 0.717) is 21.6 Å². The smallest absolute Gasteiger partial charge is 0.344 e. The van der Waals surface area contributed by atoms with Gasteiger partial charge in [-0.25, -0.2) is 4.79 Å². The van der Waals surface area contributed by atoms with E-state index in [1.807, 2.05) is 12.1 Å². The number of nitrogens with one attached hydrogen (secondary N) is 2. The zero-order chi connectivity index (χ0) is 19.4. The normalized spacial score (nSPS) is 10.6. The van der Waals surface area contributed by atoms with Gasteiger partial charge >= 0.3 is 5.97 Å². The number of pyridine rings is 1. The Morgan fingerprint density at radius 2 is 1.85 bits per heavy atom. The van der Waals surface area contributed by atoms with E-state index in [0.717, 1.165) is 16.2 Å². The van der Waals surface area contributed by atoms with Crippen LogP contribution in [0.2, 0.25) is 0 Å². The van der Waals surface area contributed by atoms with Crippen molar-refractivity contribution in [1.82, 2.24) is 4.98 Å². The SMILES string of the molecule is COC(=O)c1c(SCC(=O)Nc2ccc(Br)cc2)[nH]c2ccccc2c1=O. The molecule has 3 aromatic rings. The van der Waals surface area contributed by atoms with Crippen molar-refractivity contribution in [2.45, 2.75) is 5.03 Å². The topological polar surface area (TPSA) is 88.3 Å². The van der Waals surface area contributed by atoms with Crippen molar-refractivity contribution in [3.63, 3.8) is 0 Å². The molecule has 2 aromatic carbocycles. The Bertz CT molecular complexity index is 1060. The molecule has 0 aliphatic carbocycles. The first-order valence-corrected chi connectivity index (χ1v) is 9.69. The van der Waals surface area contributed by atoms with Crippen LogP contribution in [0.1, 0.15) is 10.4 Å². The second-order valence-corrected chi connectivity index (χ2v) is 7.44. The lowest BCUT2D eigenvalue weighted by atomic mass is 10.1. The van der Waals surface area contributed by atoms with Gasteiger partial charge in [0, 0.05) is 15.5 Å². The molecule has 0 saturated carbocycles. The van der Waals surface area contributed by atoms with Crippen LogP contribution >= 0.6 is 27.7 Å². The van der Waals surface area contributed by atoms with Gasteiger partial charge in [-0.1, -0.05) is 39.8 Å². The second-order valence-electron chi connectivity index (χ2n) is 5.54. The Labute approximate surface area is 167 Å². The van der Waals surface area contributed by atoms with Crippen molar-refractivity contribution in [1.29, 1.82) is 0 Å². The number of H-pyrrole nitrogens is 1. The summed E-state index contributed by atoms with van der Waals surface area (Å²) in [4.78, 5) is 40.1. The zero-order valence-corrected chi connectivity index (χ0v) is 16.6. The van der Waals surface area contributed by atoms with E-state index in [4.69, 9.17) is 4.74 Å². The van der Waals surface area contributed by atoms with Gasteiger partial charge in [-0.15, -0.1) is 0 Å². The molecule has 0 fully saturated rings. The molecular weight excluding hydrogens is 432 g/mol. The summed E-state index contributed by atoms with van der Waals surface area (Å²) in [6.07, 6.45) is 0. The van der Waals surface area contributed by atoms with Gasteiger partial charge in [0.2, 0.25) is 11.3 Å².